The Kier molecular flexibility index (Phi) is 7.72. The number of thiophene rings is 1. The maximum absolute atomic E-state index is 10.2. The molecule has 2 aliphatic heterocycles. The Morgan fingerprint density at radius 2 is 1.82 bits per heavy atom. The number of benzene rings is 2. The first-order valence-corrected chi connectivity index (χ1v) is 16.9. The molecule has 2 fully saturated rings. The van der Waals surface area contributed by atoms with Crippen LogP contribution < -0.4 is 20.8 Å². The van der Waals surface area contributed by atoms with Crippen molar-refractivity contribution in [2.24, 2.45) is 0 Å². The van der Waals surface area contributed by atoms with Gasteiger partial charge in [-0.1, -0.05) is 26.1 Å². The number of aromatic nitrogens is 2. The van der Waals surface area contributed by atoms with Crippen LogP contribution >= 0.6 is 19.3 Å². The number of likely N-dealkylation sites (tertiary alicyclic amines) is 1. The van der Waals surface area contributed by atoms with Crippen LogP contribution in [0.2, 0.25) is 0 Å². The van der Waals surface area contributed by atoms with E-state index in [2.05, 4.69) is 82.5 Å². The molecule has 0 amide bonds. The molecule has 2 aliphatic rings. The van der Waals surface area contributed by atoms with Crippen LogP contribution in [0, 0.1) is 6.92 Å². The zero-order chi connectivity index (χ0) is 26.9. The third kappa shape index (κ3) is 5.48. The summed E-state index contributed by atoms with van der Waals surface area (Å²) in [4.78, 5) is 15.8. The van der Waals surface area contributed by atoms with Crippen LogP contribution in [0.15, 0.2) is 47.8 Å². The molecule has 0 unspecified atom stereocenters. The molecule has 4 aromatic rings. The highest BCUT2D eigenvalue weighted by Gasteiger charge is 2.28. The molecular weight excluding hydrogens is 523 g/mol. The van der Waals surface area contributed by atoms with Crippen LogP contribution in [-0.2, 0) is 6.61 Å². The summed E-state index contributed by atoms with van der Waals surface area (Å²) >= 11 is 1.63. The van der Waals surface area contributed by atoms with Crippen LogP contribution in [0.3, 0.4) is 0 Å². The highest BCUT2D eigenvalue weighted by Crippen LogP contribution is 2.36. The van der Waals surface area contributed by atoms with E-state index in [0.29, 0.717) is 5.95 Å². The molecule has 3 N–H and O–H groups in total. The summed E-state index contributed by atoms with van der Waals surface area (Å²) in [5.41, 5.74) is 5.20. The van der Waals surface area contributed by atoms with Crippen molar-refractivity contribution in [3.05, 3.63) is 59.0 Å². The topological polar surface area (TPSA) is 76.6 Å². The summed E-state index contributed by atoms with van der Waals surface area (Å²) < 4.78 is 0. The molecule has 204 valence electrons. The zero-order valence-corrected chi connectivity index (χ0v) is 24.7. The highest BCUT2D eigenvalue weighted by molar-refractivity contribution is 7.64. The van der Waals surface area contributed by atoms with E-state index in [-0.39, 0.29) is 14.5 Å². The Bertz CT molecular complexity index is 1460. The number of piperidine rings is 1. The van der Waals surface area contributed by atoms with Gasteiger partial charge in [0, 0.05) is 41.8 Å². The van der Waals surface area contributed by atoms with Gasteiger partial charge in [-0.3, -0.25) is 0 Å². The molecular formula is C30H37N6OPS. The molecule has 4 heterocycles. The van der Waals surface area contributed by atoms with Crippen LogP contribution in [-0.4, -0.2) is 65.5 Å². The van der Waals surface area contributed by atoms with Crippen molar-refractivity contribution in [1.29, 1.82) is 0 Å². The summed E-state index contributed by atoms with van der Waals surface area (Å²) in [7, 11) is -0.267. The molecule has 2 aromatic heterocycles. The lowest BCUT2D eigenvalue weighted by Crippen LogP contribution is -2.50. The van der Waals surface area contributed by atoms with Crippen LogP contribution in [0.5, 0.6) is 0 Å². The fourth-order valence-corrected chi connectivity index (χ4v) is 7.65. The first-order valence-electron chi connectivity index (χ1n) is 13.8. The van der Waals surface area contributed by atoms with Gasteiger partial charge in [0.25, 0.3) is 0 Å². The van der Waals surface area contributed by atoms with Gasteiger partial charge in [0.2, 0.25) is 5.95 Å². The molecule has 0 radical (unpaired) electrons. The van der Waals surface area contributed by atoms with E-state index in [1.807, 2.05) is 6.07 Å². The van der Waals surface area contributed by atoms with E-state index < -0.39 is 0 Å². The SMILES string of the molecule is Cc1csc2nc(Nc3ccc(N4CCC(N5CCC5)CC4)c(CO)c3)nc(Nc3ccccc3P(C)C)c12. The number of aryl methyl sites for hydroxylation is 1. The Morgan fingerprint density at radius 3 is 2.54 bits per heavy atom. The average Bonchev–Trinajstić information content (AvgIpc) is 3.29. The van der Waals surface area contributed by atoms with E-state index in [0.717, 1.165) is 57.8 Å². The number of aliphatic hydroxyl groups is 1. The average molecular weight is 561 g/mol. The number of anilines is 5. The van der Waals surface area contributed by atoms with Crippen molar-refractivity contribution >= 4 is 63.6 Å². The number of hydrogen-bond donors (Lipinski definition) is 3. The first-order chi connectivity index (χ1) is 19.0. The van der Waals surface area contributed by atoms with Crippen molar-refractivity contribution in [3.63, 3.8) is 0 Å². The minimum atomic E-state index is -0.267. The predicted octanol–water partition coefficient (Wildman–Crippen LogP) is 6.02. The molecule has 0 saturated carbocycles. The standard InChI is InChI=1S/C30H37N6OPS/c1-20-19-39-29-27(20)28(32-24-7-4-5-8-26(24)38(2)3)33-30(34-29)31-22-9-10-25(21(17-22)18-37)36-15-11-23(12-16-36)35-13-6-14-35/h4-5,7-10,17,19,23,37H,6,11-16,18H2,1-3H3,(H2,31,32,33,34). The summed E-state index contributed by atoms with van der Waals surface area (Å²) in [6.45, 7) is 11.2. The van der Waals surface area contributed by atoms with E-state index in [1.165, 1.54) is 43.2 Å². The molecule has 7 nitrogen and oxygen atoms in total. The van der Waals surface area contributed by atoms with Gasteiger partial charge in [-0.2, -0.15) is 4.98 Å². The molecule has 2 saturated heterocycles. The molecule has 0 aliphatic carbocycles. The number of nitrogens with one attached hydrogen (secondary N) is 2. The van der Waals surface area contributed by atoms with Crippen molar-refractivity contribution in [2.75, 3.05) is 55.0 Å². The molecule has 9 heteroatoms. The monoisotopic (exact) mass is 560 g/mol. The molecule has 0 bridgehead atoms. The lowest BCUT2D eigenvalue weighted by molar-refractivity contribution is 0.100. The second-order valence-electron chi connectivity index (χ2n) is 10.8. The van der Waals surface area contributed by atoms with Crippen LogP contribution in [0.4, 0.5) is 28.8 Å². The number of hydrogen-bond acceptors (Lipinski definition) is 8. The zero-order valence-electron chi connectivity index (χ0n) is 22.9. The fourth-order valence-electron chi connectivity index (χ4n) is 5.73. The second kappa shape index (κ2) is 11.4. The lowest BCUT2D eigenvalue weighted by Gasteiger charge is -2.43. The smallest absolute Gasteiger partial charge is 0.230 e. The number of nitrogens with zero attached hydrogens (tertiary/aromatic N) is 4. The van der Waals surface area contributed by atoms with E-state index in [1.54, 1.807) is 11.3 Å². The highest BCUT2D eigenvalue weighted by atomic mass is 32.1. The van der Waals surface area contributed by atoms with Gasteiger partial charge < -0.3 is 25.5 Å². The van der Waals surface area contributed by atoms with Gasteiger partial charge in [-0.25, -0.2) is 4.98 Å². The van der Waals surface area contributed by atoms with Gasteiger partial charge in [0.05, 0.1) is 12.0 Å². The Hall–Kier alpha value is -2.77. The van der Waals surface area contributed by atoms with Crippen molar-refractivity contribution in [3.8, 4) is 0 Å². The molecule has 39 heavy (non-hydrogen) atoms. The maximum atomic E-state index is 10.2. The summed E-state index contributed by atoms with van der Waals surface area (Å²) in [6.07, 6.45) is 3.72. The normalized spacial score (nSPS) is 16.6. The summed E-state index contributed by atoms with van der Waals surface area (Å²) in [6, 6.07) is 15.4. The first kappa shape index (κ1) is 26.5. The Morgan fingerprint density at radius 1 is 1.03 bits per heavy atom. The maximum Gasteiger partial charge on any atom is 0.230 e. The third-order valence-corrected chi connectivity index (χ3v) is 10.3. The van der Waals surface area contributed by atoms with Crippen molar-refractivity contribution in [1.82, 2.24) is 14.9 Å². The minimum Gasteiger partial charge on any atom is -0.392 e. The van der Waals surface area contributed by atoms with E-state index in [9.17, 15) is 5.11 Å². The van der Waals surface area contributed by atoms with Gasteiger partial charge in [0.1, 0.15) is 10.6 Å². The minimum absolute atomic E-state index is 0.00151. The Balaban J connectivity index is 1.25. The molecule has 0 spiro atoms. The van der Waals surface area contributed by atoms with Gasteiger partial charge in [0.15, 0.2) is 0 Å². The number of rotatable bonds is 8. The predicted molar refractivity (Wildman–Crippen MR) is 167 cm³/mol. The van der Waals surface area contributed by atoms with Crippen molar-refractivity contribution < 1.29 is 5.11 Å². The molecule has 2 aromatic carbocycles. The van der Waals surface area contributed by atoms with Gasteiger partial charge in [-0.15, -0.1) is 11.3 Å². The lowest BCUT2D eigenvalue weighted by atomic mass is 9.98. The van der Waals surface area contributed by atoms with E-state index >= 15 is 0 Å². The third-order valence-electron chi connectivity index (χ3n) is 7.97. The van der Waals surface area contributed by atoms with Crippen LogP contribution in [0.25, 0.3) is 10.2 Å². The largest absolute Gasteiger partial charge is 0.392 e. The number of fused-ring (bicyclic) bond motifs is 1. The van der Waals surface area contributed by atoms with Crippen molar-refractivity contribution in [2.45, 2.75) is 38.8 Å². The second-order valence-corrected chi connectivity index (χ2v) is 13.9. The number of aliphatic hydroxyl groups excluding tert-OH is 1. The molecule has 6 rings (SSSR count). The van der Waals surface area contributed by atoms with Gasteiger partial charge in [-0.05, 0) is 93.1 Å². The fraction of sp³-hybridized carbons (Fsp3) is 0.400. The number of para-hydroxylation sites is 1. The molecule has 0 atom stereocenters. The quantitative estimate of drug-likeness (QED) is 0.228. The van der Waals surface area contributed by atoms with E-state index in [4.69, 9.17) is 9.97 Å². The Labute approximate surface area is 236 Å². The summed E-state index contributed by atoms with van der Waals surface area (Å²) in [5.74, 6) is 1.36. The van der Waals surface area contributed by atoms with Crippen LogP contribution in [0.1, 0.15) is 30.4 Å². The van der Waals surface area contributed by atoms with Gasteiger partial charge >= 0.3 is 0 Å². The summed E-state index contributed by atoms with van der Waals surface area (Å²) in [5, 5.41) is 21.8.